The topological polar surface area (TPSA) is 209 Å². The number of nitrogens with one attached hydrogen (secondary N) is 5. The maximum absolute atomic E-state index is 14.3. The lowest BCUT2D eigenvalue weighted by molar-refractivity contribution is -0.145. The average Bonchev–Trinajstić information content (AvgIpc) is 3.79. The number of ketones is 1. The zero-order valence-corrected chi connectivity index (χ0v) is 30.4. The van der Waals surface area contributed by atoms with Crippen molar-refractivity contribution in [2.24, 2.45) is 39.7 Å². The first-order valence-corrected chi connectivity index (χ1v) is 18.3. The Morgan fingerprint density at radius 1 is 0.957 bits per heavy atom. The Balaban J connectivity index is 1.77. The van der Waals surface area contributed by atoms with Gasteiger partial charge in [-0.2, -0.15) is 8.42 Å². The van der Waals surface area contributed by atoms with Crippen molar-refractivity contribution in [3.8, 4) is 0 Å². The maximum atomic E-state index is 14.3. The molecule has 6 atom stereocenters. The van der Waals surface area contributed by atoms with E-state index in [0.717, 1.165) is 12.8 Å². The molecule has 3 fully saturated rings. The standard InChI is InChI=1S/C31H54ClN7O7S/c1-29(2,3)20(15-35-47(45,46)34-13-9-12-32)37-28(44)38-24(30(4,5)6)27(43)39-16-18-21(31(18,7)8)22(39)26(42)36-19(14-17-10-11-17)23(40)25(33)41/h17-22,24,34-35H,9-16H2,1-8H3,(H2,33,41)(H,36,42)(H2,37,38,44)/t18-,19?,20+,21-,22-,24+/m0/s1. The molecule has 47 heavy (non-hydrogen) atoms. The highest BCUT2D eigenvalue weighted by Crippen LogP contribution is 2.65. The molecule has 5 amide bonds. The van der Waals surface area contributed by atoms with Crippen LogP contribution in [0.25, 0.3) is 0 Å². The van der Waals surface area contributed by atoms with Gasteiger partial charge < -0.3 is 26.6 Å². The Morgan fingerprint density at radius 2 is 1.57 bits per heavy atom. The van der Waals surface area contributed by atoms with E-state index < -0.39 is 74.7 Å². The third-order valence-corrected chi connectivity index (χ3v) is 11.1. The predicted molar refractivity (Wildman–Crippen MR) is 178 cm³/mol. The van der Waals surface area contributed by atoms with E-state index in [2.05, 4.69) is 25.4 Å². The summed E-state index contributed by atoms with van der Waals surface area (Å²) in [5.41, 5.74) is 3.72. The lowest BCUT2D eigenvalue weighted by Gasteiger charge is -2.38. The molecule has 16 heteroatoms. The zero-order chi connectivity index (χ0) is 35.7. The van der Waals surface area contributed by atoms with Crippen LogP contribution < -0.4 is 31.1 Å². The highest BCUT2D eigenvalue weighted by atomic mass is 35.5. The summed E-state index contributed by atoms with van der Waals surface area (Å²) in [7, 11) is -3.84. The Hall–Kier alpha value is -2.49. The third kappa shape index (κ3) is 10.0. The molecule has 1 heterocycles. The number of carbonyl (C=O) groups excluding carboxylic acids is 5. The number of likely N-dealkylation sites (tertiary alicyclic amines) is 1. The number of nitrogens with zero attached hydrogens (tertiary/aromatic N) is 1. The molecule has 0 spiro atoms. The number of halogens is 1. The number of Topliss-reactive ketones (excluding diaryl/α,β-unsaturated/α-hetero) is 1. The quantitative estimate of drug-likeness (QED) is 0.0780. The lowest BCUT2D eigenvalue weighted by atomic mass is 9.85. The molecule has 0 aromatic rings. The van der Waals surface area contributed by atoms with Crippen molar-refractivity contribution in [2.75, 3.05) is 25.5 Å². The van der Waals surface area contributed by atoms with Crippen LogP contribution in [0.1, 0.15) is 81.1 Å². The van der Waals surface area contributed by atoms with Crippen LogP contribution in [0.4, 0.5) is 4.79 Å². The van der Waals surface area contributed by atoms with Gasteiger partial charge in [-0.15, -0.1) is 11.6 Å². The molecule has 2 aliphatic carbocycles. The number of nitrogens with two attached hydrogens (primary N) is 1. The number of primary amides is 1. The van der Waals surface area contributed by atoms with Crippen LogP contribution in [0.3, 0.4) is 0 Å². The van der Waals surface area contributed by atoms with Crippen molar-refractivity contribution in [1.29, 1.82) is 0 Å². The van der Waals surface area contributed by atoms with E-state index in [-0.39, 0.29) is 36.3 Å². The first-order chi connectivity index (χ1) is 21.5. The Kier molecular flexibility index (Phi) is 12.1. The minimum absolute atomic E-state index is 0.0432. The molecule has 3 aliphatic rings. The van der Waals surface area contributed by atoms with E-state index in [1.54, 1.807) is 20.8 Å². The molecule has 0 radical (unpaired) electrons. The van der Waals surface area contributed by atoms with Gasteiger partial charge >= 0.3 is 6.03 Å². The smallest absolute Gasteiger partial charge is 0.315 e. The van der Waals surface area contributed by atoms with Crippen LogP contribution in [0.15, 0.2) is 0 Å². The van der Waals surface area contributed by atoms with Crippen LogP contribution in [-0.4, -0.2) is 92.5 Å². The zero-order valence-electron chi connectivity index (χ0n) is 28.9. The number of alkyl halides is 1. The van der Waals surface area contributed by atoms with Gasteiger partial charge in [0, 0.05) is 31.6 Å². The molecular formula is C31H54ClN7O7S. The fourth-order valence-electron chi connectivity index (χ4n) is 6.40. The number of hydrogen-bond donors (Lipinski definition) is 6. The summed E-state index contributed by atoms with van der Waals surface area (Å²) in [6.45, 7) is 15.3. The molecule has 0 bridgehead atoms. The third-order valence-electron chi connectivity index (χ3n) is 9.72. The first kappa shape index (κ1) is 39.0. The molecule has 14 nitrogen and oxygen atoms in total. The van der Waals surface area contributed by atoms with Gasteiger partial charge in [-0.05, 0) is 46.8 Å². The van der Waals surface area contributed by atoms with Crippen molar-refractivity contribution >= 4 is 51.3 Å². The van der Waals surface area contributed by atoms with E-state index in [0.29, 0.717) is 25.3 Å². The number of piperidine rings is 1. The SMILES string of the molecule is CC(C)(C)[C@H](NC(=O)N[C@H](CNS(=O)(=O)NCCCCl)C(C)(C)C)C(=O)N1C[C@H]2[C@@H]([C@H]1C(=O)NC(CC1CC1)C(=O)C(N)=O)C2(C)C. The predicted octanol–water partition coefficient (Wildman–Crippen LogP) is 0.990. The fraction of sp³-hybridized carbons (Fsp3) is 0.839. The second kappa shape index (κ2) is 14.6. The largest absolute Gasteiger partial charge is 0.363 e. The molecule has 2 saturated carbocycles. The van der Waals surface area contributed by atoms with E-state index in [1.807, 2.05) is 34.6 Å². The van der Waals surface area contributed by atoms with Crippen LogP contribution in [0, 0.1) is 34.0 Å². The summed E-state index contributed by atoms with van der Waals surface area (Å²) in [5.74, 6) is -2.54. The lowest BCUT2D eigenvalue weighted by Crippen LogP contribution is -2.62. The highest BCUT2D eigenvalue weighted by Gasteiger charge is 2.70. The Bertz CT molecular complexity index is 1320. The van der Waals surface area contributed by atoms with Crippen LogP contribution in [0.2, 0.25) is 0 Å². The number of rotatable bonds is 16. The molecule has 1 aliphatic heterocycles. The summed E-state index contributed by atoms with van der Waals surface area (Å²) >= 11 is 5.63. The average molecular weight is 704 g/mol. The summed E-state index contributed by atoms with van der Waals surface area (Å²) in [6.07, 6.45) is 2.57. The molecule has 7 N–H and O–H groups in total. The molecular weight excluding hydrogens is 650 g/mol. The second-order valence-electron chi connectivity index (χ2n) is 16.0. The van der Waals surface area contributed by atoms with E-state index >= 15 is 0 Å². The summed E-state index contributed by atoms with van der Waals surface area (Å²) in [5, 5.41) is 8.37. The van der Waals surface area contributed by atoms with Gasteiger partial charge in [0.15, 0.2) is 0 Å². The minimum atomic E-state index is -3.84. The number of amides is 5. The van der Waals surface area contributed by atoms with Gasteiger partial charge in [-0.1, -0.05) is 68.2 Å². The molecule has 1 saturated heterocycles. The van der Waals surface area contributed by atoms with E-state index in [1.165, 1.54) is 4.90 Å². The maximum Gasteiger partial charge on any atom is 0.315 e. The number of fused-ring (bicyclic) bond motifs is 1. The van der Waals surface area contributed by atoms with Crippen LogP contribution >= 0.6 is 11.6 Å². The number of carbonyl (C=O) groups is 5. The number of hydrogen-bond acceptors (Lipinski definition) is 7. The molecule has 1 unspecified atom stereocenters. The number of urea groups is 1. The minimum Gasteiger partial charge on any atom is -0.363 e. The van der Waals surface area contributed by atoms with Crippen molar-refractivity contribution in [2.45, 2.75) is 105 Å². The normalized spacial score (nSPS) is 24.0. The monoisotopic (exact) mass is 703 g/mol. The molecule has 0 aromatic heterocycles. The van der Waals surface area contributed by atoms with Gasteiger partial charge in [0.25, 0.3) is 16.1 Å². The summed E-state index contributed by atoms with van der Waals surface area (Å²) in [4.78, 5) is 67.4. The van der Waals surface area contributed by atoms with Gasteiger partial charge in [-0.3, -0.25) is 19.2 Å². The molecule has 268 valence electrons. The van der Waals surface area contributed by atoms with Gasteiger partial charge in [0.05, 0.1) is 6.04 Å². The first-order valence-electron chi connectivity index (χ1n) is 16.3. The fourth-order valence-corrected chi connectivity index (χ4v) is 7.43. The van der Waals surface area contributed by atoms with Crippen molar-refractivity contribution in [1.82, 2.24) is 30.3 Å². The Labute approximate surface area is 284 Å². The van der Waals surface area contributed by atoms with Crippen LogP contribution in [0.5, 0.6) is 0 Å². The van der Waals surface area contributed by atoms with Crippen molar-refractivity contribution in [3.05, 3.63) is 0 Å². The molecule has 3 rings (SSSR count). The van der Waals surface area contributed by atoms with E-state index in [4.69, 9.17) is 17.3 Å². The summed E-state index contributed by atoms with van der Waals surface area (Å²) < 4.78 is 29.7. The van der Waals surface area contributed by atoms with Gasteiger partial charge in [-0.25, -0.2) is 14.2 Å². The molecule has 0 aromatic carbocycles. The second-order valence-corrected chi connectivity index (χ2v) is 17.9. The highest BCUT2D eigenvalue weighted by molar-refractivity contribution is 7.87. The van der Waals surface area contributed by atoms with Gasteiger partial charge in [0.2, 0.25) is 17.6 Å². The van der Waals surface area contributed by atoms with Crippen LogP contribution in [-0.2, 0) is 29.4 Å². The Morgan fingerprint density at radius 3 is 2.09 bits per heavy atom. The van der Waals surface area contributed by atoms with Crippen molar-refractivity contribution < 1.29 is 32.4 Å². The summed E-state index contributed by atoms with van der Waals surface area (Å²) in [6, 6.07) is -4.34. The van der Waals surface area contributed by atoms with E-state index in [9.17, 15) is 32.4 Å². The van der Waals surface area contributed by atoms with Gasteiger partial charge in [0.1, 0.15) is 12.1 Å². The van der Waals surface area contributed by atoms with Crippen molar-refractivity contribution in [3.63, 3.8) is 0 Å².